The lowest BCUT2D eigenvalue weighted by Gasteiger charge is -2.24. The molecule has 4 heteroatoms. The molecule has 0 radical (unpaired) electrons. The van der Waals surface area contributed by atoms with Gasteiger partial charge in [0.2, 0.25) is 5.91 Å². The molecule has 0 spiro atoms. The number of hydrogen-bond acceptors (Lipinski definition) is 2. The maximum absolute atomic E-state index is 12.8. The Morgan fingerprint density at radius 1 is 1.11 bits per heavy atom. The topological polar surface area (TPSA) is 55.1 Å². The second-order valence-electron chi connectivity index (χ2n) is 4.53. The van der Waals surface area contributed by atoms with Gasteiger partial charge in [0.1, 0.15) is 11.4 Å². The molecule has 0 heterocycles. The van der Waals surface area contributed by atoms with Gasteiger partial charge in [-0.15, -0.1) is 0 Å². The van der Waals surface area contributed by atoms with Gasteiger partial charge in [-0.25, -0.2) is 4.39 Å². The summed E-state index contributed by atoms with van der Waals surface area (Å²) in [7, 11) is 0. The quantitative estimate of drug-likeness (QED) is 0.889. The smallest absolute Gasteiger partial charge is 0.248 e. The molecule has 0 bridgehead atoms. The van der Waals surface area contributed by atoms with Crippen LogP contribution in [0.5, 0.6) is 0 Å². The lowest BCUT2D eigenvalue weighted by atomic mass is 9.92. The van der Waals surface area contributed by atoms with Crippen molar-refractivity contribution in [1.82, 2.24) is 0 Å². The van der Waals surface area contributed by atoms with Crippen molar-refractivity contribution in [2.24, 2.45) is 5.73 Å². The van der Waals surface area contributed by atoms with Crippen molar-refractivity contribution < 1.29 is 9.18 Å². The van der Waals surface area contributed by atoms with Crippen LogP contribution in [0.25, 0.3) is 0 Å². The number of hydrogen-bond donors (Lipinski definition) is 2. The summed E-state index contributed by atoms with van der Waals surface area (Å²) in [6.45, 7) is 1.64. The first-order valence-corrected chi connectivity index (χ1v) is 5.91. The first-order valence-electron chi connectivity index (χ1n) is 5.91. The first kappa shape index (κ1) is 13.2. The van der Waals surface area contributed by atoms with Crippen molar-refractivity contribution in [3.8, 4) is 0 Å². The van der Waals surface area contributed by atoms with Crippen LogP contribution in [-0.4, -0.2) is 5.91 Å². The summed E-state index contributed by atoms with van der Waals surface area (Å²) in [5, 5.41) is 2.68. The standard InChI is InChI=1S/C15H15FN2O/c1-15(17,11-5-3-2-4-6-11)14(19)18-13-9-7-12(16)8-10-13/h2-10H,17H2,1H3,(H,18,19). The van der Waals surface area contributed by atoms with Gasteiger partial charge in [-0.05, 0) is 36.8 Å². The molecule has 3 nitrogen and oxygen atoms in total. The van der Waals surface area contributed by atoms with Gasteiger partial charge in [-0.1, -0.05) is 30.3 Å². The normalized spacial score (nSPS) is 13.6. The number of nitrogens with one attached hydrogen (secondary N) is 1. The average Bonchev–Trinajstić information content (AvgIpc) is 2.42. The van der Waals surface area contributed by atoms with Gasteiger partial charge >= 0.3 is 0 Å². The van der Waals surface area contributed by atoms with E-state index < -0.39 is 5.54 Å². The van der Waals surface area contributed by atoms with Crippen molar-refractivity contribution in [3.63, 3.8) is 0 Å². The number of halogens is 1. The molecule has 2 aromatic carbocycles. The van der Waals surface area contributed by atoms with E-state index >= 15 is 0 Å². The van der Waals surface area contributed by atoms with Crippen LogP contribution in [0, 0.1) is 5.82 Å². The molecule has 0 aliphatic rings. The summed E-state index contributed by atoms with van der Waals surface area (Å²) in [6, 6.07) is 14.7. The van der Waals surface area contributed by atoms with Crippen LogP contribution in [0.1, 0.15) is 12.5 Å². The monoisotopic (exact) mass is 258 g/mol. The summed E-state index contributed by atoms with van der Waals surface area (Å²) in [5.74, 6) is -0.693. The zero-order chi connectivity index (χ0) is 13.9. The zero-order valence-electron chi connectivity index (χ0n) is 10.6. The predicted molar refractivity (Wildman–Crippen MR) is 73.0 cm³/mol. The average molecular weight is 258 g/mol. The number of nitrogens with two attached hydrogens (primary N) is 1. The second kappa shape index (κ2) is 5.20. The highest BCUT2D eigenvalue weighted by atomic mass is 19.1. The minimum Gasteiger partial charge on any atom is -0.324 e. The third-order valence-corrected chi connectivity index (χ3v) is 2.95. The summed E-state index contributed by atoms with van der Waals surface area (Å²) in [6.07, 6.45) is 0. The van der Waals surface area contributed by atoms with Crippen molar-refractivity contribution in [1.29, 1.82) is 0 Å². The summed E-state index contributed by atoms with van der Waals surface area (Å²) in [5.41, 5.74) is 6.16. The van der Waals surface area contributed by atoms with Gasteiger partial charge in [-0.2, -0.15) is 0 Å². The van der Waals surface area contributed by atoms with Crippen molar-refractivity contribution >= 4 is 11.6 Å². The van der Waals surface area contributed by atoms with Gasteiger partial charge < -0.3 is 11.1 Å². The van der Waals surface area contributed by atoms with Gasteiger partial charge in [0, 0.05) is 5.69 Å². The maximum Gasteiger partial charge on any atom is 0.248 e. The van der Waals surface area contributed by atoms with E-state index in [1.807, 2.05) is 18.2 Å². The zero-order valence-corrected chi connectivity index (χ0v) is 10.6. The Morgan fingerprint density at radius 2 is 1.68 bits per heavy atom. The van der Waals surface area contributed by atoms with Gasteiger partial charge in [0.15, 0.2) is 0 Å². The van der Waals surface area contributed by atoms with Crippen LogP contribution in [0.2, 0.25) is 0 Å². The van der Waals surface area contributed by atoms with E-state index in [1.165, 1.54) is 24.3 Å². The summed E-state index contributed by atoms with van der Waals surface area (Å²) in [4.78, 5) is 12.2. The Labute approximate surface area is 111 Å². The van der Waals surface area contributed by atoms with Crippen LogP contribution in [0.4, 0.5) is 10.1 Å². The minimum atomic E-state index is -1.14. The molecule has 0 aliphatic carbocycles. The molecular weight excluding hydrogens is 243 g/mol. The summed E-state index contributed by atoms with van der Waals surface area (Å²) >= 11 is 0. The third-order valence-electron chi connectivity index (χ3n) is 2.95. The van der Waals surface area contributed by atoms with Crippen LogP contribution in [-0.2, 0) is 10.3 Å². The van der Waals surface area contributed by atoms with E-state index in [9.17, 15) is 9.18 Å². The van der Waals surface area contributed by atoms with Crippen LogP contribution >= 0.6 is 0 Å². The number of carbonyl (C=O) groups excluding carboxylic acids is 1. The van der Waals surface area contributed by atoms with E-state index in [-0.39, 0.29) is 11.7 Å². The molecule has 0 aliphatic heterocycles. The van der Waals surface area contributed by atoms with E-state index in [4.69, 9.17) is 5.73 Å². The van der Waals surface area contributed by atoms with Crippen LogP contribution < -0.4 is 11.1 Å². The largest absolute Gasteiger partial charge is 0.324 e. The first-order chi connectivity index (χ1) is 9.00. The molecule has 3 N–H and O–H groups in total. The highest BCUT2D eigenvalue weighted by molar-refractivity contribution is 5.98. The third kappa shape index (κ3) is 2.98. The van der Waals surface area contributed by atoms with Crippen LogP contribution in [0.3, 0.4) is 0 Å². The van der Waals surface area contributed by atoms with Gasteiger partial charge in [0.05, 0.1) is 0 Å². The number of rotatable bonds is 3. The van der Waals surface area contributed by atoms with Crippen molar-refractivity contribution in [2.75, 3.05) is 5.32 Å². The lowest BCUT2D eigenvalue weighted by molar-refractivity contribution is -0.120. The fourth-order valence-corrected chi connectivity index (χ4v) is 1.71. The van der Waals surface area contributed by atoms with Crippen molar-refractivity contribution in [2.45, 2.75) is 12.5 Å². The molecule has 0 saturated carbocycles. The van der Waals surface area contributed by atoms with Gasteiger partial charge in [-0.3, -0.25) is 4.79 Å². The van der Waals surface area contributed by atoms with Crippen molar-refractivity contribution in [3.05, 3.63) is 66.0 Å². The Balaban J connectivity index is 2.17. The Hall–Kier alpha value is -2.20. The molecule has 2 aromatic rings. The molecule has 0 saturated heterocycles. The molecule has 1 unspecified atom stereocenters. The molecule has 2 rings (SSSR count). The Bertz CT molecular complexity index is 564. The predicted octanol–water partition coefficient (Wildman–Crippen LogP) is 2.64. The fraction of sp³-hybridized carbons (Fsp3) is 0.133. The van der Waals surface area contributed by atoms with Crippen LogP contribution in [0.15, 0.2) is 54.6 Å². The Kier molecular flexibility index (Phi) is 3.62. The SMILES string of the molecule is CC(N)(C(=O)Nc1ccc(F)cc1)c1ccccc1. The highest BCUT2D eigenvalue weighted by Crippen LogP contribution is 2.20. The second-order valence-corrected chi connectivity index (χ2v) is 4.53. The van der Waals surface area contributed by atoms with Gasteiger partial charge in [0.25, 0.3) is 0 Å². The Morgan fingerprint density at radius 3 is 2.26 bits per heavy atom. The maximum atomic E-state index is 12.8. The molecule has 1 amide bonds. The number of amides is 1. The minimum absolute atomic E-state index is 0.342. The molecule has 0 fully saturated rings. The molecule has 19 heavy (non-hydrogen) atoms. The molecule has 0 aromatic heterocycles. The van der Waals surface area contributed by atoms with E-state index in [0.717, 1.165) is 5.56 Å². The van der Waals surface area contributed by atoms with E-state index in [1.54, 1.807) is 19.1 Å². The fourth-order valence-electron chi connectivity index (χ4n) is 1.71. The molecule has 98 valence electrons. The summed E-state index contributed by atoms with van der Waals surface area (Å²) < 4.78 is 12.8. The number of benzene rings is 2. The number of anilines is 1. The van der Waals surface area contributed by atoms with E-state index in [0.29, 0.717) is 5.69 Å². The number of carbonyl (C=O) groups is 1. The highest BCUT2D eigenvalue weighted by Gasteiger charge is 2.30. The lowest BCUT2D eigenvalue weighted by Crippen LogP contribution is -2.45. The molecule has 1 atom stereocenters. The van der Waals surface area contributed by atoms with E-state index in [2.05, 4.69) is 5.32 Å². The molecular formula is C15H15FN2O.